The van der Waals surface area contributed by atoms with Gasteiger partial charge in [0, 0.05) is 18.5 Å². The van der Waals surface area contributed by atoms with Crippen LogP contribution in [0.4, 0.5) is 4.79 Å². The molecule has 1 amide bonds. The molecule has 8 heteroatoms. The summed E-state index contributed by atoms with van der Waals surface area (Å²) in [6.07, 6.45) is 3.51. The van der Waals surface area contributed by atoms with Crippen LogP contribution in [-0.4, -0.2) is 49.2 Å². The lowest BCUT2D eigenvalue weighted by atomic mass is 9.89. The first-order valence-corrected chi connectivity index (χ1v) is 9.04. The van der Waals surface area contributed by atoms with E-state index in [0.29, 0.717) is 6.54 Å². The summed E-state index contributed by atoms with van der Waals surface area (Å²) >= 11 is 0. The first-order valence-electron chi connectivity index (χ1n) is 7.60. The molecule has 1 saturated heterocycles. The van der Waals surface area contributed by atoms with E-state index in [1.165, 1.54) is 4.31 Å². The van der Waals surface area contributed by atoms with Crippen LogP contribution < -0.4 is 4.72 Å². The maximum Gasteiger partial charge on any atom is 0.421 e. The van der Waals surface area contributed by atoms with Crippen molar-refractivity contribution in [1.82, 2.24) is 9.03 Å². The van der Waals surface area contributed by atoms with Crippen molar-refractivity contribution in [2.24, 2.45) is 5.92 Å². The minimum Gasteiger partial charge on any atom is -0.449 e. The molecule has 0 aromatic carbocycles. The predicted molar refractivity (Wildman–Crippen MR) is 76.8 cm³/mol. The Bertz CT molecular complexity index is 467. The number of aliphatic hydroxyl groups is 1. The van der Waals surface area contributed by atoms with Crippen LogP contribution in [0.2, 0.25) is 0 Å². The third kappa shape index (κ3) is 3.87. The molecule has 3 atom stereocenters. The number of rotatable bonds is 4. The molecule has 2 rings (SSSR count). The van der Waals surface area contributed by atoms with Crippen molar-refractivity contribution in [3.05, 3.63) is 0 Å². The Labute approximate surface area is 125 Å². The molecular weight excluding hydrogens is 296 g/mol. The fourth-order valence-corrected chi connectivity index (χ4v) is 4.77. The number of nitrogens with zero attached hydrogens (tertiary/aromatic N) is 1. The Balaban J connectivity index is 2.12. The van der Waals surface area contributed by atoms with Gasteiger partial charge in [-0.2, -0.15) is 12.7 Å². The second kappa shape index (κ2) is 6.93. The van der Waals surface area contributed by atoms with Crippen LogP contribution in [0.25, 0.3) is 0 Å². The highest BCUT2D eigenvalue weighted by Crippen LogP contribution is 2.36. The van der Waals surface area contributed by atoms with E-state index in [4.69, 9.17) is 0 Å². The van der Waals surface area contributed by atoms with E-state index >= 15 is 0 Å². The lowest BCUT2D eigenvalue weighted by Crippen LogP contribution is -2.54. The highest BCUT2D eigenvalue weighted by atomic mass is 32.2. The Hall–Kier alpha value is -0.860. The number of carbonyl (C=O) groups is 1. The van der Waals surface area contributed by atoms with Crippen LogP contribution in [0.3, 0.4) is 0 Å². The van der Waals surface area contributed by atoms with Crippen LogP contribution in [0.15, 0.2) is 0 Å². The Morgan fingerprint density at radius 2 is 2.05 bits per heavy atom. The molecule has 122 valence electrons. The monoisotopic (exact) mass is 320 g/mol. The molecule has 1 aliphatic heterocycles. The van der Waals surface area contributed by atoms with Gasteiger partial charge in [-0.05, 0) is 32.6 Å². The maximum atomic E-state index is 12.4. The predicted octanol–water partition coefficient (Wildman–Crippen LogP) is 0.993. The van der Waals surface area contributed by atoms with Crippen LogP contribution in [0.1, 0.15) is 45.4 Å². The van der Waals surface area contributed by atoms with E-state index in [2.05, 4.69) is 4.74 Å². The Morgan fingerprint density at radius 1 is 1.29 bits per heavy atom. The first-order chi connectivity index (χ1) is 9.95. The second-order valence-electron chi connectivity index (χ2n) is 5.66. The third-order valence-electron chi connectivity index (χ3n) is 4.32. The Kier molecular flexibility index (Phi) is 5.45. The van der Waals surface area contributed by atoms with Gasteiger partial charge >= 0.3 is 16.3 Å². The van der Waals surface area contributed by atoms with Crippen molar-refractivity contribution >= 4 is 16.3 Å². The molecule has 1 saturated carbocycles. The van der Waals surface area contributed by atoms with Crippen molar-refractivity contribution in [3.63, 3.8) is 0 Å². The normalized spacial score (nSPS) is 31.0. The molecule has 0 aromatic rings. The number of aliphatic hydroxyl groups excluding tert-OH is 1. The number of hydrogen-bond acceptors (Lipinski definition) is 5. The third-order valence-corrected chi connectivity index (χ3v) is 5.82. The summed E-state index contributed by atoms with van der Waals surface area (Å²) in [5.41, 5.74) is 0. The van der Waals surface area contributed by atoms with Crippen molar-refractivity contribution in [1.29, 1.82) is 0 Å². The summed E-state index contributed by atoms with van der Waals surface area (Å²) in [6, 6.07) is -0.233. The second-order valence-corrected chi connectivity index (χ2v) is 7.29. The topological polar surface area (TPSA) is 95.9 Å². The summed E-state index contributed by atoms with van der Waals surface area (Å²) in [4.78, 5) is 11.4. The van der Waals surface area contributed by atoms with Gasteiger partial charge in [-0.25, -0.2) is 9.52 Å². The van der Waals surface area contributed by atoms with Gasteiger partial charge in [0.15, 0.2) is 0 Å². The van der Waals surface area contributed by atoms with Gasteiger partial charge in [0.25, 0.3) is 0 Å². The summed E-state index contributed by atoms with van der Waals surface area (Å²) in [7, 11) is -3.92. The minimum absolute atomic E-state index is 0.0379. The lowest BCUT2D eigenvalue weighted by molar-refractivity contribution is 0.0717. The quantitative estimate of drug-likeness (QED) is 0.805. The zero-order valence-corrected chi connectivity index (χ0v) is 13.1. The number of hydrogen-bond donors (Lipinski definition) is 2. The lowest BCUT2D eigenvalue weighted by Gasteiger charge is -2.38. The minimum atomic E-state index is -3.92. The van der Waals surface area contributed by atoms with E-state index in [1.807, 2.05) is 4.72 Å². The fraction of sp³-hybridized carbons (Fsp3) is 0.923. The molecule has 3 unspecified atom stereocenters. The molecule has 0 bridgehead atoms. The van der Waals surface area contributed by atoms with Gasteiger partial charge in [0.05, 0.1) is 12.7 Å². The van der Waals surface area contributed by atoms with Gasteiger partial charge in [0.1, 0.15) is 0 Å². The van der Waals surface area contributed by atoms with Crippen LogP contribution >= 0.6 is 0 Å². The number of ether oxygens (including phenoxy) is 1. The number of piperidine rings is 1. The van der Waals surface area contributed by atoms with Gasteiger partial charge in [-0.1, -0.05) is 12.8 Å². The molecule has 2 aliphatic rings. The number of amides is 1. The molecular formula is C13H24N2O5S. The van der Waals surface area contributed by atoms with Crippen molar-refractivity contribution in [2.45, 2.75) is 57.6 Å². The molecule has 7 nitrogen and oxygen atoms in total. The fourth-order valence-electron chi connectivity index (χ4n) is 3.40. The van der Waals surface area contributed by atoms with E-state index in [1.54, 1.807) is 6.92 Å². The molecule has 0 aromatic heterocycles. The van der Waals surface area contributed by atoms with Crippen LogP contribution in [0.5, 0.6) is 0 Å². The average Bonchev–Trinajstić information content (AvgIpc) is 2.84. The van der Waals surface area contributed by atoms with E-state index in [-0.39, 0.29) is 18.6 Å². The van der Waals surface area contributed by atoms with E-state index in [9.17, 15) is 18.3 Å². The average molecular weight is 320 g/mol. The molecule has 0 spiro atoms. The van der Waals surface area contributed by atoms with Crippen LogP contribution in [0, 0.1) is 5.92 Å². The van der Waals surface area contributed by atoms with Gasteiger partial charge in [0.2, 0.25) is 0 Å². The molecule has 0 radical (unpaired) electrons. The summed E-state index contributed by atoms with van der Waals surface area (Å²) < 4.78 is 32.7. The molecule has 2 N–H and O–H groups in total. The Morgan fingerprint density at radius 3 is 2.67 bits per heavy atom. The molecule has 1 aliphatic carbocycles. The zero-order chi connectivity index (χ0) is 15.5. The van der Waals surface area contributed by atoms with Gasteiger partial charge in [-0.3, -0.25) is 0 Å². The molecule has 2 fully saturated rings. The SMILES string of the molecule is CCOC(=O)NS(=O)(=O)N1CCCCC1C1CCCC1O. The zero-order valence-electron chi connectivity index (χ0n) is 12.3. The van der Waals surface area contributed by atoms with Crippen molar-refractivity contribution < 1.29 is 23.1 Å². The van der Waals surface area contributed by atoms with Crippen molar-refractivity contribution in [3.8, 4) is 0 Å². The van der Waals surface area contributed by atoms with E-state index in [0.717, 1.165) is 38.5 Å². The number of carbonyl (C=O) groups excluding carboxylic acids is 1. The van der Waals surface area contributed by atoms with E-state index < -0.39 is 22.4 Å². The standard InChI is InChI=1S/C13H24N2O5S/c1-2-20-13(17)14-21(18,19)15-9-4-3-7-11(15)10-6-5-8-12(10)16/h10-12,16H,2-9H2,1H3,(H,14,17). The van der Waals surface area contributed by atoms with Gasteiger partial charge < -0.3 is 9.84 Å². The van der Waals surface area contributed by atoms with Crippen molar-refractivity contribution in [2.75, 3.05) is 13.2 Å². The summed E-state index contributed by atoms with van der Waals surface area (Å²) in [5.74, 6) is -0.0379. The summed E-state index contributed by atoms with van der Waals surface area (Å²) in [5, 5.41) is 10.1. The maximum absolute atomic E-state index is 12.4. The van der Waals surface area contributed by atoms with Crippen LogP contribution in [-0.2, 0) is 14.9 Å². The molecule has 1 heterocycles. The smallest absolute Gasteiger partial charge is 0.421 e. The van der Waals surface area contributed by atoms with Gasteiger partial charge in [-0.15, -0.1) is 0 Å². The highest BCUT2D eigenvalue weighted by molar-refractivity contribution is 7.87. The number of nitrogens with one attached hydrogen (secondary N) is 1. The largest absolute Gasteiger partial charge is 0.449 e. The summed E-state index contributed by atoms with van der Waals surface area (Å²) in [6.45, 7) is 2.11. The highest BCUT2D eigenvalue weighted by Gasteiger charge is 2.42. The first kappa shape index (κ1) is 16.5. The molecule has 21 heavy (non-hydrogen) atoms.